The number of likely N-dealkylation sites (N-methyl/N-ethyl adjacent to an activating group) is 1. The van der Waals surface area contributed by atoms with Crippen molar-refractivity contribution in [3.8, 4) is 11.5 Å². The molecule has 1 aromatic rings. The van der Waals surface area contributed by atoms with E-state index in [1.807, 2.05) is 19.0 Å². The quantitative estimate of drug-likeness (QED) is 0.767. The molecule has 0 fully saturated rings. The van der Waals surface area contributed by atoms with Crippen LogP contribution in [-0.2, 0) is 0 Å². The number of fused-ring (bicyclic) bond motifs is 1. The van der Waals surface area contributed by atoms with E-state index in [0.29, 0.717) is 17.1 Å². The van der Waals surface area contributed by atoms with Crippen LogP contribution in [0.15, 0.2) is 18.2 Å². The number of hydrogen-bond acceptors (Lipinski definition) is 4. The van der Waals surface area contributed by atoms with Gasteiger partial charge in [-0.3, -0.25) is 9.69 Å². The summed E-state index contributed by atoms with van der Waals surface area (Å²) in [6.45, 7) is 4.33. The minimum atomic E-state index is -0.120. The van der Waals surface area contributed by atoms with Crippen LogP contribution in [0.25, 0.3) is 0 Å². The zero-order valence-electron chi connectivity index (χ0n) is 11.3. The van der Waals surface area contributed by atoms with Crippen LogP contribution in [0.3, 0.4) is 0 Å². The van der Waals surface area contributed by atoms with Crippen LogP contribution >= 0.6 is 0 Å². The van der Waals surface area contributed by atoms with Crippen LogP contribution in [0.1, 0.15) is 24.2 Å². The molecule has 0 saturated heterocycles. The number of ketones is 1. The molecule has 18 heavy (non-hydrogen) atoms. The van der Waals surface area contributed by atoms with Gasteiger partial charge in [-0.05, 0) is 38.2 Å². The molecule has 0 N–H and O–H groups in total. The van der Waals surface area contributed by atoms with Gasteiger partial charge in [-0.1, -0.05) is 13.8 Å². The average molecular weight is 249 g/mol. The summed E-state index contributed by atoms with van der Waals surface area (Å²) >= 11 is 0. The summed E-state index contributed by atoms with van der Waals surface area (Å²) in [6, 6.07) is 5.24. The molecule has 1 heterocycles. The van der Waals surface area contributed by atoms with Crippen molar-refractivity contribution in [2.75, 3.05) is 20.9 Å². The highest BCUT2D eigenvalue weighted by Crippen LogP contribution is 2.33. The lowest BCUT2D eigenvalue weighted by Crippen LogP contribution is -2.40. The lowest BCUT2D eigenvalue weighted by molar-refractivity contribution is 0.0826. The van der Waals surface area contributed by atoms with Crippen LogP contribution in [0, 0.1) is 5.92 Å². The topological polar surface area (TPSA) is 38.8 Å². The maximum atomic E-state index is 12.5. The van der Waals surface area contributed by atoms with Gasteiger partial charge in [0.25, 0.3) is 0 Å². The van der Waals surface area contributed by atoms with E-state index in [2.05, 4.69) is 13.8 Å². The van der Waals surface area contributed by atoms with Gasteiger partial charge in [0.15, 0.2) is 17.3 Å². The van der Waals surface area contributed by atoms with Gasteiger partial charge in [-0.2, -0.15) is 0 Å². The molecule has 1 aliphatic rings. The van der Waals surface area contributed by atoms with Crippen LogP contribution in [-0.4, -0.2) is 37.6 Å². The molecule has 2 rings (SSSR count). The summed E-state index contributed by atoms with van der Waals surface area (Å²) < 4.78 is 10.5. The van der Waals surface area contributed by atoms with Gasteiger partial charge in [-0.15, -0.1) is 0 Å². The molecule has 0 bridgehead atoms. The Hall–Kier alpha value is -1.55. The predicted molar refractivity (Wildman–Crippen MR) is 69.2 cm³/mol. The fourth-order valence-electron chi connectivity index (χ4n) is 2.35. The second-order valence-electron chi connectivity index (χ2n) is 5.08. The molecule has 0 radical (unpaired) electrons. The number of ether oxygens (including phenoxy) is 2. The Balaban J connectivity index is 2.28. The van der Waals surface area contributed by atoms with E-state index in [9.17, 15) is 4.79 Å². The number of carbonyl (C=O) groups is 1. The van der Waals surface area contributed by atoms with E-state index in [1.54, 1.807) is 18.2 Å². The first kappa shape index (κ1) is 12.9. The predicted octanol–water partition coefficient (Wildman–Crippen LogP) is 2.18. The Morgan fingerprint density at radius 2 is 1.89 bits per heavy atom. The number of benzene rings is 1. The number of hydrogen-bond donors (Lipinski definition) is 0. The average Bonchev–Trinajstić information content (AvgIpc) is 2.74. The van der Waals surface area contributed by atoms with Crippen molar-refractivity contribution in [2.45, 2.75) is 19.9 Å². The first-order valence-electron chi connectivity index (χ1n) is 6.11. The van der Waals surface area contributed by atoms with E-state index in [1.165, 1.54) is 0 Å². The zero-order valence-corrected chi connectivity index (χ0v) is 11.3. The lowest BCUT2D eigenvalue weighted by Gasteiger charge is -2.26. The molecule has 4 heteroatoms. The normalized spacial score (nSPS) is 15.2. The van der Waals surface area contributed by atoms with E-state index < -0.39 is 0 Å². The molecule has 0 spiro atoms. The number of carbonyl (C=O) groups excluding carboxylic acids is 1. The van der Waals surface area contributed by atoms with Crippen molar-refractivity contribution < 1.29 is 14.3 Å². The zero-order chi connectivity index (χ0) is 13.3. The third kappa shape index (κ3) is 2.34. The Morgan fingerprint density at radius 1 is 1.22 bits per heavy atom. The van der Waals surface area contributed by atoms with Gasteiger partial charge in [0.05, 0.1) is 6.04 Å². The van der Waals surface area contributed by atoms with Crippen molar-refractivity contribution in [3.05, 3.63) is 23.8 Å². The van der Waals surface area contributed by atoms with Gasteiger partial charge >= 0.3 is 0 Å². The highest BCUT2D eigenvalue weighted by atomic mass is 16.7. The first-order valence-corrected chi connectivity index (χ1v) is 6.11. The Morgan fingerprint density at radius 3 is 2.50 bits per heavy atom. The summed E-state index contributed by atoms with van der Waals surface area (Å²) in [5.41, 5.74) is 0.673. The third-order valence-corrected chi connectivity index (χ3v) is 3.11. The summed E-state index contributed by atoms with van der Waals surface area (Å²) in [4.78, 5) is 14.4. The fraction of sp³-hybridized carbons (Fsp3) is 0.500. The molecule has 0 amide bonds. The van der Waals surface area contributed by atoms with Crippen molar-refractivity contribution >= 4 is 5.78 Å². The van der Waals surface area contributed by atoms with Crippen molar-refractivity contribution in [2.24, 2.45) is 5.92 Å². The van der Waals surface area contributed by atoms with Crippen LogP contribution in [0.4, 0.5) is 0 Å². The van der Waals surface area contributed by atoms with Crippen molar-refractivity contribution in [1.29, 1.82) is 0 Å². The number of nitrogens with zero attached hydrogens (tertiary/aromatic N) is 1. The Kier molecular flexibility index (Phi) is 3.57. The van der Waals surface area contributed by atoms with E-state index in [-0.39, 0.29) is 24.5 Å². The molecular formula is C14H19NO3. The maximum absolute atomic E-state index is 12.5. The maximum Gasteiger partial charge on any atom is 0.231 e. The summed E-state index contributed by atoms with van der Waals surface area (Å²) in [7, 11) is 3.85. The summed E-state index contributed by atoms with van der Waals surface area (Å²) in [5, 5.41) is 0. The minimum absolute atomic E-state index is 0.119. The molecule has 4 nitrogen and oxygen atoms in total. The Bertz CT molecular complexity index is 446. The molecule has 0 aromatic heterocycles. The summed E-state index contributed by atoms with van der Waals surface area (Å²) in [6.07, 6.45) is 0. The van der Waals surface area contributed by atoms with Gasteiger partial charge in [0.1, 0.15) is 0 Å². The first-order chi connectivity index (χ1) is 8.50. The fourth-order valence-corrected chi connectivity index (χ4v) is 2.35. The minimum Gasteiger partial charge on any atom is -0.454 e. The number of rotatable bonds is 4. The Labute approximate surface area is 107 Å². The second kappa shape index (κ2) is 4.98. The number of Topliss-reactive ketones (excluding diaryl/α,β-unsaturated/α-hetero) is 1. The van der Waals surface area contributed by atoms with Crippen LogP contribution in [0.2, 0.25) is 0 Å². The SMILES string of the molecule is CC(C)[C@H](C(=O)c1ccc2c(c1)OCO2)N(C)C. The molecule has 0 saturated carbocycles. The van der Waals surface area contributed by atoms with Gasteiger partial charge in [0.2, 0.25) is 6.79 Å². The molecule has 0 aliphatic carbocycles. The molecule has 1 atom stereocenters. The third-order valence-electron chi connectivity index (χ3n) is 3.11. The van der Waals surface area contributed by atoms with Gasteiger partial charge in [0, 0.05) is 5.56 Å². The second-order valence-corrected chi connectivity index (χ2v) is 5.08. The standard InChI is InChI=1S/C14H19NO3/c1-9(2)13(15(3)4)14(16)10-5-6-11-12(7-10)18-8-17-11/h5-7,9,13H,8H2,1-4H3/t13-/m1/s1. The highest BCUT2D eigenvalue weighted by Gasteiger charge is 2.26. The molecule has 1 aromatic carbocycles. The van der Waals surface area contributed by atoms with Gasteiger partial charge < -0.3 is 9.47 Å². The van der Waals surface area contributed by atoms with E-state index in [0.717, 1.165) is 0 Å². The van der Waals surface area contributed by atoms with Crippen LogP contribution < -0.4 is 9.47 Å². The molecule has 98 valence electrons. The van der Waals surface area contributed by atoms with Crippen LogP contribution in [0.5, 0.6) is 11.5 Å². The van der Waals surface area contributed by atoms with E-state index in [4.69, 9.17) is 9.47 Å². The van der Waals surface area contributed by atoms with Gasteiger partial charge in [-0.25, -0.2) is 0 Å². The summed E-state index contributed by atoms with van der Waals surface area (Å²) in [5.74, 6) is 1.74. The highest BCUT2D eigenvalue weighted by molar-refractivity contribution is 6.00. The van der Waals surface area contributed by atoms with Crippen molar-refractivity contribution in [3.63, 3.8) is 0 Å². The monoisotopic (exact) mass is 249 g/mol. The van der Waals surface area contributed by atoms with Crippen molar-refractivity contribution in [1.82, 2.24) is 4.90 Å². The molecule has 0 unspecified atom stereocenters. The molecule has 1 aliphatic heterocycles. The largest absolute Gasteiger partial charge is 0.454 e. The van der Waals surface area contributed by atoms with E-state index >= 15 is 0 Å². The smallest absolute Gasteiger partial charge is 0.231 e. The lowest BCUT2D eigenvalue weighted by atomic mass is 9.94. The molecular weight excluding hydrogens is 230 g/mol.